The summed E-state index contributed by atoms with van der Waals surface area (Å²) in [4.78, 5) is 16.1. The molecule has 1 N–H and O–H groups in total. The van der Waals surface area contributed by atoms with Crippen LogP contribution in [-0.2, 0) is 26.7 Å². The molecule has 0 aliphatic carbocycles. The Labute approximate surface area is 207 Å². The summed E-state index contributed by atoms with van der Waals surface area (Å²) in [5.74, 6) is 1.54. The third-order valence-corrected chi connectivity index (χ3v) is 6.78. The van der Waals surface area contributed by atoms with Gasteiger partial charge in [-0.2, -0.15) is 0 Å². The van der Waals surface area contributed by atoms with Gasteiger partial charge >= 0.3 is 6.09 Å². The lowest BCUT2D eigenvalue weighted by molar-refractivity contribution is 0.177. The predicted molar refractivity (Wildman–Crippen MR) is 135 cm³/mol. The maximum absolute atomic E-state index is 12.9. The van der Waals surface area contributed by atoms with Gasteiger partial charge in [0.25, 0.3) is 10.0 Å². The van der Waals surface area contributed by atoms with Gasteiger partial charge in [-0.1, -0.05) is 58.4 Å². The van der Waals surface area contributed by atoms with Crippen LogP contribution in [0.4, 0.5) is 4.79 Å². The van der Waals surface area contributed by atoms with Crippen LogP contribution in [0.5, 0.6) is 5.75 Å². The van der Waals surface area contributed by atoms with Gasteiger partial charge in [-0.05, 0) is 35.7 Å². The zero-order valence-corrected chi connectivity index (χ0v) is 21.7. The minimum Gasteiger partial charge on any atom is -0.494 e. The summed E-state index contributed by atoms with van der Waals surface area (Å²) in [6, 6.07) is 12.4. The van der Waals surface area contributed by atoms with Crippen molar-refractivity contribution in [2.45, 2.75) is 57.4 Å². The van der Waals surface area contributed by atoms with Crippen LogP contribution in [0.25, 0.3) is 11.1 Å². The van der Waals surface area contributed by atoms with Gasteiger partial charge in [-0.25, -0.2) is 22.9 Å². The molecule has 0 aliphatic rings. The lowest BCUT2D eigenvalue weighted by Gasteiger charge is -2.20. The molecule has 0 saturated carbocycles. The lowest BCUT2D eigenvalue weighted by Crippen LogP contribution is -2.30. The number of unbranched alkanes of at least 4 members (excludes halogenated alkanes) is 1. The van der Waals surface area contributed by atoms with E-state index in [2.05, 4.69) is 42.0 Å². The molecule has 3 rings (SSSR count). The molecule has 0 atom stereocenters. The van der Waals surface area contributed by atoms with Crippen LogP contribution in [0.3, 0.4) is 0 Å². The van der Waals surface area contributed by atoms with Crippen LogP contribution in [0.15, 0.2) is 59.8 Å². The largest absolute Gasteiger partial charge is 0.494 e. The van der Waals surface area contributed by atoms with E-state index in [9.17, 15) is 13.2 Å². The van der Waals surface area contributed by atoms with Crippen molar-refractivity contribution in [2.24, 2.45) is 0 Å². The van der Waals surface area contributed by atoms with E-state index in [4.69, 9.17) is 4.74 Å². The number of aromatic nitrogens is 2. The van der Waals surface area contributed by atoms with Gasteiger partial charge in [0.05, 0.1) is 18.6 Å². The molecular formula is C26H33N3O5S. The maximum atomic E-state index is 12.9. The van der Waals surface area contributed by atoms with Crippen LogP contribution in [-0.4, -0.2) is 37.8 Å². The highest BCUT2D eigenvalue weighted by Gasteiger charge is 2.23. The number of imidazole rings is 1. The predicted octanol–water partition coefficient (Wildman–Crippen LogP) is 5.12. The zero-order chi connectivity index (χ0) is 25.6. The summed E-state index contributed by atoms with van der Waals surface area (Å²) >= 11 is 0. The summed E-state index contributed by atoms with van der Waals surface area (Å²) in [6.07, 6.45) is 4.57. The first-order valence-electron chi connectivity index (χ1n) is 11.5. The van der Waals surface area contributed by atoms with Crippen LogP contribution in [0.2, 0.25) is 0 Å². The number of amides is 1. The van der Waals surface area contributed by atoms with E-state index in [1.54, 1.807) is 18.3 Å². The van der Waals surface area contributed by atoms with E-state index in [-0.39, 0.29) is 10.3 Å². The molecule has 0 spiro atoms. The molecule has 0 radical (unpaired) electrons. The quantitative estimate of drug-likeness (QED) is 0.410. The van der Waals surface area contributed by atoms with Crippen molar-refractivity contribution in [3.63, 3.8) is 0 Å². The van der Waals surface area contributed by atoms with Gasteiger partial charge < -0.3 is 14.0 Å². The molecule has 3 aromatic rings. The van der Waals surface area contributed by atoms with E-state index in [0.29, 0.717) is 30.0 Å². The summed E-state index contributed by atoms with van der Waals surface area (Å²) in [6.45, 7) is 9.60. The normalized spacial score (nSPS) is 11.8. The van der Waals surface area contributed by atoms with Gasteiger partial charge in [-0.3, -0.25) is 0 Å². The topological polar surface area (TPSA) is 99.5 Å². The average Bonchev–Trinajstić information content (AvgIpc) is 3.28. The summed E-state index contributed by atoms with van der Waals surface area (Å²) < 4.78 is 40.1. The van der Waals surface area contributed by atoms with Crippen LogP contribution >= 0.6 is 0 Å². The summed E-state index contributed by atoms with van der Waals surface area (Å²) in [5, 5.41) is 0. The number of rotatable bonds is 9. The molecule has 2 aromatic carbocycles. The van der Waals surface area contributed by atoms with Crippen LogP contribution in [0.1, 0.15) is 51.9 Å². The van der Waals surface area contributed by atoms with E-state index in [1.165, 1.54) is 6.07 Å². The fraction of sp³-hybridized carbons (Fsp3) is 0.385. The third-order valence-electron chi connectivity index (χ3n) is 5.41. The fourth-order valence-electron chi connectivity index (χ4n) is 3.67. The van der Waals surface area contributed by atoms with Crippen molar-refractivity contribution >= 4 is 16.1 Å². The van der Waals surface area contributed by atoms with Crippen molar-refractivity contribution in [3.8, 4) is 16.9 Å². The van der Waals surface area contributed by atoms with E-state index in [0.717, 1.165) is 31.3 Å². The monoisotopic (exact) mass is 499 g/mol. The smallest absolute Gasteiger partial charge is 0.420 e. The number of nitrogens with zero attached hydrogens (tertiary/aromatic N) is 2. The molecule has 0 unspecified atom stereocenters. The Bertz CT molecular complexity index is 1260. The Morgan fingerprint density at radius 2 is 1.83 bits per heavy atom. The number of benzene rings is 2. The first kappa shape index (κ1) is 26.3. The van der Waals surface area contributed by atoms with Crippen molar-refractivity contribution in [3.05, 3.63) is 66.2 Å². The Balaban J connectivity index is 1.96. The number of nitrogens with one attached hydrogen (secondary N) is 1. The lowest BCUT2D eigenvalue weighted by atomic mass is 9.95. The van der Waals surface area contributed by atoms with E-state index < -0.39 is 16.1 Å². The third kappa shape index (κ3) is 6.63. The minimum atomic E-state index is -4.16. The summed E-state index contributed by atoms with van der Waals surface area (Å²) in [5.41, 5.74) is 2.07. The van der Waals surface area contributed by atoms with Gasteiger partial charge in [0.2, 0.25) is 0 Å². The van der Waals surface area contributed by atoms with Crippen molar-refractivity contribution in [1.29, 1.82) is 0 Å². The van der Waals surface area contributed by atoms with E-state index >= 15 is 0 Å². The molecule has 0 aliphatic heterocycles. The van der Waals surface area contributed by atoms with E-state index in [1.807, 2.05) is 35.2 Å². The summed E-state index contributed by atoms with van der Waals surface area (Å²) in [7, 11) is -3.05. The highest BCUT2D eigenvalue weighted by molar-refractivity contribution is 7.90. The number of carbonyl (C=O) groups excluding carboxylic acids is 1. The Kier molecular flexibility index (Phi) is 8.22. The first-order chi connectivity index (χ1) is 16.5. The second-order valence-corrected chi connectivity index (χ2v) is 10.9. The maximum Gasteiger partial charge on any atom is 0.420 e. The molecule has 0 bridgehead atoms. The van der Waals surface area contributed by atoms with Gasteiger partial charge in [0.1, 0.15) is 11.6 Å². The van der Waals surface area contributed by atoms with Crippen molar-refractivity contribution < 1.29 is 22.7 Å². The molecule has 0 fully saturated rings. The molecule has 35 heavy (non-hydrogen) atoms. The van der Waals surface area contributed by atoms with Crippen LogP contribution in [0, 0.1) is 0 Å². The highest BCUT2D eigenvalue weighted by atomic mass is 32.2. The molecule has 188 valence electrons. The fourth-order valence-corrected chi connectivity index (χ4v) is 4.79. The highest BCUT2D eigenvalue weighted by Crippen LogP contribution is 2.32. The Morgan fingerprint density at radius 3 is 2.46 bits per heavy atom. The number of hydrogen-bond acceptors (Lipinski definition) is 6. The average molecular weight is 500 g/mol. The molecule has 8 nitrogen and oxygen atoms in total. The standard InChI is InChI=1S/C26H33N3O5S/c1-6-7-16-34-21-12-13-23(35(31,32)28-25(30)33-5)22(17-21)20-10-8-19(9-11-20)18-29-15-14-27-24(29)26(2,3)4/h8-15,17H,6-7,16,18H2,1-5H3,(H,28,30). The molecular weight excluding hydrogens is 466 g/mol. The van der Waals surface area contributed by atoms with Gasteiger partial charge in [0.15, 0.2) is 0 Å². The minimum absolute atomic E-state index is 0.0388. The molecule has 9 heteroatoms. The van der Waals surface area contributed by atoms with Crippen molar-refractivity contribution in [1.82, 2.24) is 14.3 Å². The number of methoxy groups -OCH3 is 1. The molecule has 1 aromatic heterocycles. The number of ether oxygens (including phenoxy) is 2. The van der Waals surface area contributed by atoms with Crippen LogP contribution < -0.4 is 9.46 Å². The Morgan fingerprint density at radius 1 is 1.11 bits per heavy atom. The number of carbonyl (C=O) groups is 1. The Hall–Kier alpha value is -3.33. The number of sulfonamides is 1. The molecule has 1 heterocycles. The zero-order valence-electron chi connectivity index (χ0n) is 20.9. The number of hydrogen-bond donors (Lipinski definition) is 1. The first-order valence-corrected chi connectivity index (χ1v) is 13.0. The second-order valence-electron chi connectivity index (χ2n) is 9.28. The van der Waals surface area contributed by atoms with Gasteiger partial charge in [0, 0.05) is 29.9 Å². The molecule has 0 saturated heterocycles. The van der Waals surface area contributed by atoms with Crippen molar-refractivity contribution in [2.75, 3.05) is 13.7 Å². The van der Waals surface area contributed by atoms with Gasteiger partial charge in [-0.15, -0.1) is 0 Å². The SMILES string of the molecule is CCCCOc1ccc(S(=O)(=O)NC(=O)OC)c(-c2ccc(Cn3ccnc3C(C)(C)C)cc2)c1. The molecule has 1 amide bonds. The second kappa shape index (κ2) is 10.9.